The zero-order chi connectivity index (χ0) is 18.5. The van der Waals surface area contributed by atoms with Crippen molar-refractivity contribution in [1.82, 2.24) is 20.1 Å². The molecule has 1 aliphatic heterocycles. The van der Waals surface area contributed by atoms with Crippen LogP contribution in [-0.2, 0) is 11.3 Å². The number of carbonyl (C=O) groups excluding carboxylic acids is 1. The highest BCUT2D eigenvalue weighted by molar-refractivity contribution is 5.73. The van der Waals surface area contributed by atoms with Crippen LogP contribution in [0, 0.1) is 0 Å². The van der Waals surface area contributed by atoms with E-state index < -0.39 is 0 Å². The lowest BCUT2D eigenvalue weighted by Gasteiger charge is -2.34. The highest BCUT2D eigenvalue weighted by atomic mass is 16.2. The lowest BCUT2D eigenvalue weighted by molar-refractivity contribution is -0.129. The van der Waals surface area contributed by atoms with Crippen molar-refractivity contribution in [1.29, 1.82) is 0 Å². The van der Waals surface area contributed by atoms with Crippen LogP contribution < -0.4 is 9.80 Å². The van der Waals surface area contributed by atoms with Crippen LogP contribution in [0.4, 0.5) is 11.8 Å². The van der Waals surface area contributed by atoms with Gasteiger partial charge in [0.05, 0.1) is 6.20 Å². The minimum Gasteiger partial charge on any atom is -0.348 e. The van der Waals surface area contributed by atoms with Crippen LogP contribution in [0.2, 0.25) is 0 Å². The molecule has 26 heavy (non-hydrogen) atoms. The van der Waals surface area contributed by atoms with E-state index in [1.54, 1.807) is 13.1 Å². The van der Waals surface area contributed by atoms with Crippen LogP contribution in [0.3, 0.4) is 0 Å². The fourth-order valence-electron chi connectivity index (χ4n) is 3.09. The van der Waals surface area contributed by atoms with Gasteiger partial charge in [-0.25, -0.2) is 0 Å². The maximum absolute atomic E-state index is 11.5. The molecular weight excluding hydrogens is 328 g/mol. The Balaban J connectivity index is 1.75. The van der Waals surface area contributed by atoms with Crippen molar-refractivity contribution in [3.63, 3.8) is 0 Å². The van der Waals surface area contributed by atoms with Gasteiger partial charge in [0.2, 0.25) is 11.9 Å². The quantitative estimate of drug-likeness (QED) is 0.818. The molecule has 0 radical (unpaired) electrons. The van der Waals surface area contributed by atoms with E-state index in [9.17, 15) is 4.79 Å². The molecule has 2 heterocycles. The molecule has 3 rings (SSSR count). The van der Waals surface area contributed by atoms with Gasteiger partial charge in [-0.3, -0.25) is 4.79 Å². The minimum atomic E-state index is 0.117. The number of hydrogen-bond donors (Lipinski definition) is 0. The van der Waals surface area contributed by atoms with E-state index in [0.29, 0.717) is 19.0 Å². The third kappa shape index (κ3) is 4.28. The summed E-state index contributed by atoms with van der Waals surface area (Å²) in [5.41, 5.74) is 1.23. The van der Waals surface area contributed by atoms with Crippen molar-refractivity contribution >= 4 is 17.7 Å². The second-order valence-electron chi connectivity index (χ2n) is 6.81. The Morgan fingerprint density at radius 1 is 1.15 bits per heavy atom. The molecule has 1 aromatic heterocycles. The summed E-state index contributed by atoms with van der Waals surface area (Å²) in [5.74, 6) is 1.57. The van der Waals surface area contributed by atoms with Crippen molar-refractivity contribution in [2.24, 2.45) is 0 Å². The van der Waals surface area contributed by atoms with Gasteiger partial charge < -0.3 is 14.7 Å². The van der Waals surface area contributed by atoms with Crippen LogP contribution in [0.5, 0.6) is 0 Å². The molecule has 1 amide bonds. The van der Waals surface area contributed by atoms with Crippen molar-refractivity contribution in [2.75, 3.05) is 36.0 Å². The second-order valence-corrected chi connectivity index (χ2v) is 6.81. The molecule has 0 N–H and O–H groups in total. The molecule has 1 saturated heterocycles. The number of amides is 1. The van der Waals surface area contributed by atoms with E-state index in [2.05, 4.69) is 46.0 Å². The Morgan fingerprint density at radius 3 is 2.46 bits per heavy atom. The molecule has 1 fully saturated rings. The number of piperazine rings is 1. The molecule has 1 aromatic carbocycles. The molecule has 0 atom stereocenters. The summed E-state index contributed by atoms with van der Waals surface area (Å²) in [6, 6.07) is 10.6. The van der Waals surface area contributed by atoms with Crippen molar-refractivity contribution < 1.29 is 4.79 Å². The maximum Gasteiger partial charge on any atom is 0.247 e. The topological polar surface area (TPSA) is 65.5 Å². The van der Waals surface area contributed by atoms with E-state index in [1.165, 1.54) is 5.56 Å². The lowest BCUT2D eigenvalue weighted by Crippen LogP contribution is -2.48. The number of carbonyl (C=O) groups is 1. The number of anilines is 2. The summed E-state index contributed by atoms with van der Waals surface area (Å²) in [7, 11) is 0. The Hall–Kier alpha value is -2.70. The van der Waals surface area contributed by atoms with Crippen molar-refractivity contribution in [3.8, 4) is 0 Å². The SMILES string of the molecule is CC(=O)N1CCN(c2nncc(N(Cc3ccccc3)C(C)C)n2)CC1. The molecule has 0 spiro atoms. The fourth-order valence-corrected chi connectivity index (χ4v) is 3.09. The largest absolute Gasteiger partial charge is 0.348 e. The maximum atomic E-state index is 11.5. The number of aromatic nitrogens is 3. The second kappa shape index (κ2) is 8.12. The third-order valence-corrected chi connectivity index (χ3v) is 4.66. The molecule has 7 nitrogen and oxygen atoms in total. The highest BCUT2D eigenvalue weighted by Crippen LogP contribution is 2.20. The van der Waals surface area contributed by atoms with E-state index in [1.807, 2.05) is 23.1 Å². The van der Waals surface area contributed by atoms with Gasteiger partial charge in [-0.05, 0) is 19.4 Å². The molecule has 0 saturated carbocycles. The Bertz CT molecular complexity index is 728. The summed E-state index contributed by atoms with van der Waals surface area (Å²) in [6.07, 6.45) is 1.72. The Kier molecular flexibility index (Phi) is 5.65. The molecule has 0 bridgehead atoms. The minimum absolute atomic E-state index is 0.117. The molecule has 138 valence electrons. The highest BCUT2D eigenvalue weighted by Gasteiger charge is 2.22. The van der Waals surface area contributed by atoms with Gasteiger partial charge in [-0.2, -0.15) is 10.1 Å². The molecule has 2 aromatic rings. The van der Waals surface area contributed by atoms with Crippen LogP contribution in [0.1, 0.15) is 26.3 Å². The lowest BCUT2D eigenvalue weighted by atomic mass is 10.2. The van der Waals surface area contributed by atoms with E-state index >= 15 is 0 Å². The first kappa shape index (κ1) is 18.1. The van der Waals surface area contributed by atoms with Gasteiger partial charge in [0.15, 0.2) is 5.82 Å². The van der Waals surface area contributed by atoms with Crippen LogP contribution in [0.25, 0.3) is 0 Å². The zero-order valence-electron chi connectivity index (χ0n) is 15.7. The first-order valence-electron chi connectivity index (χ1n) is 9.05. The summed E-state index contributed by atoms with van der Waals surface area (Å²) >= 11 is 0. The molecule has 7 heteroatoms. The monoisotopic (exact) mass is 354 g/mol. The number of nitrogens with zero attached hydrogens (tertiary/aromatic N) is 6. The molecular formula is C19H26N6O. The third-order valence-electron chi connectivity index (χ3n) is 4.66. The summed E-state index contributed by atoms with van der Waals surface area (Å²) in [5, 5.41) is 8.40. The fraction of sp³-hybridized carbons (Fsp3) is 0.474. The summed E-state index contributed by atoms with van der Waals surface area (Å²) in [6.45, 7) is 9.53. The summed E-state index contributed by atoms with van der Waals surface area (Å²) < 4.78 is 0. The van der Waals surface area contributed by atoms with E-state index in [-0.39, 0.29) is 11.9 Å². The number of benzene rings is 1. The molecule has 0 unspecified atom stereocenters. The van der Waals surface area contributed by atoms with Crippen LogP contribution in [0.15, 0.2) is 36.5 Å². The number of rotatable bonds is 5. The van der Waals surface area contributed by atoms with Crippen molar-refractivity contribution in [2.45, 2.75) is 33.4 Å². The van der Waals surface area contributed by atoms with Crippen LogP contribution >= 0.6 is 0 Å². The van der Waals surface area contributed by atoms with Gasteiger partial charge in [-0.1, -0.05) is 30.3 Å². The van der Waals surface area contributed by atoms with Gasteiger partial charge in [-0.15, -0.1) is 5.10 Å². The number of hydrogen-bond acceptors (Lipinski definition) is 6. The standard InChI is InChI=1S/C19H26N6O/c1-15(2)25(14-17-7-5-4-6-8-17)18-13-20-22-19(21-18)24-11-9-23(10-12-24)16(3)26/h4-8,13,15H,9-12,14H2,1-3H3. The first-order chi connectivity index (χ1) is 12.5. The van der Waals surface area contributed by atoms with Crippen molar-refractivity contribution in [3.05, 3.63) is 42.1 Å². The summed E-state index contributed by atoms with van der Waals surface area (Å²) in [4.78, 5) is 22.4. The predicted molar refractivity (Wildman–Crippen MR) is 102 cm³/mol. The smallest absolute Gasteiger partial charge is 0.247 e. The van der Waals surface area contributed by atoms with E-state index in [4.69, 9.17) is 4.98 Å². The average molecular weight is 354 g/mol. The van der Waals surface area contributed by atoms with Gasteiger partial charge in [0.1, 0.15) is 0 Å². The van der Waals surface area contributed by atoms with Gasteiger partial charge in [0.25, 0.3) is 0 Å². The molecule has 0 aliphatic carbocycles. The van der Waals surface area contributed by atoms with Gasteiger partial charge >= 0.3 is 0 Å². The normalized spacial score (nSPS) is 14.6. The van der Waals surface area contributed by atoms with Crippen LogP contribution in [-0.4, -0.2) is 58.2 Å². The Labute approximate surface area is 154 Å². The first-order valence-corrected chi connectivity index (χ1v) is 9.05. The molecule has 1 aliphatic rings. The average Bonchev–Trinajstić information content (AvgIpc) is 2.67. The van der Waals surface area contributed by atoms with E-state index in [0.717, 1.165) is 25.5 Å². The predicted octanol–water partition coefficient (Wildman–Crippen LogP) is 1.96. The zero-order valence-corrected chi connectivity index (χ0v) is 15.7. The van der Waals surface area contributed by atoms with Gasteiger partial charge in [0, 0.05) is 45.7 Å². The Morgan fingerprint density at radius 2 is 1.85 bits per heavy atom.